The Morgan fingerprint density at radius 3 is 0.636 bits per heavy atom. The Morgan fingerprint density at radius 1 is 0.364 bits per heavy atom. The van der Waals surface area contributed by atoms with E-state index in [-0.39, 0.29) is 57.2 Å². The molecule has 0 saturated carbocycles. The number of unbranched alkanes of at least 4 members (excludes halogenated alkanes) is 28. The summed E-state index contributed by atoms with van der Waals surface area (Å²) in [6, 6.07) is 0. The van der Waals surface area contributed by atoms with Crippen molar-refractivity contribution in [1.82, 2.24) is 0 Å². The first-order chi connectivity index (χ1) is 21.0. The smallest absolute Gasteiger partial charge is 0.550 e. The molecule has 260 valence electrons. The third-order valence-electron chi connectivity index (χ3n) is 7.97. The van der Waals surface area contributed by atoms with Crippen LogP contribution in [-0.2, 0) is 9.59 Å². The summed E-state index contributed by atoms with van der Waals surface area (Å²) in [7, 11) is 0. The van der Waals surface area contributed by atoms with Crippen LogP contribution in [0.2, 0.25) is 0 Å². The van der Waals surface area contributed by atoms with Gasteiger partial charge in [-0.2, -0.15) is 0 Å². The van der Waals surface area contributed by atoms with Crippen molar-refractivity contribution in [3.8, 4) is 0 Å². The van der Waals surface area contributed by atoms with E-state index in [1.54, 1.807) is 6.92 Å². The van der Waals surface area contributed by atoms with Crippen LogP contribution in [0.3, 0.4) is 0 Å². The van der Waals surface area contributed by atoms with Gasteiger partial charge in [0.25, 0.3) is 0 Å². The molecule has 0 spiro atoms. The van der Waals surface area contributed by atoms with E-state index in [1.165, 1.54) is 167 Å². The van der Waals surface area contributed by atoms with Crippen LogP contribution in [0, 0.1) is 0 Å². The predicted molar refractivity (Wildman–Crippen MR) is 188 cm³/mol. The van der Waals surface area contributed by atoms with Crippen molar-refractivity contribution in [2.45, 2.75) is 226 Å². The molecule has 0 heterocycles. The van der Waals surface area contributed by atoms with Crippen molar-refractivity contribution in [2.24, 2.45) is 0 Å². The minimum Gasteiger partial charge on any atom is -0.550 e. The fourth-order valence-electron chi connectivity index (χ4n) is 5.28. The average molecular weight is 653 g/mol. The topological polar surface area (TPSA) is 100 Å². The van der Waals surface area contributed by atoms with Crippen molar-refractivity contribution in [3.63, 3.8) is 0 Å². The molecule has 0 aliphatic rings. The number of aliphatic hydroxyl groups is 1. The molecule has 0 aromatic carbocycles. The van der Waals surface area contributed by atoms with Gasteiger partial charge in [-0.25, -0.2) is 0 Å². The van der Waals surface area contributed by atoms with E-state index < -0.39 is 11.9 Å². The zero-order valence-electron chi connectivity index (χ0n) is 30.1. The molecule has 0 rings (SSSR count). The normalized spacial score (nSPS) is 10.3. The summed E-state index contributed by atoms with van der Waals surface area (Å²) in [5.41, 5.74) is 0. The van der Waals surface area contributed by atoms with Crippen LogP contribution in [0.4, 0.5) is 0 Å². The molecular formula is C38H76CaO5. The molecular weight excluding hydrogens is 576 g/mol. The molecule has 0 aromatic heterocycles. The van der Waals surface area contributed by atoms with Gasteiger partial charge in [0.05, 0.1) is 0 Å². The van der Waals surface area contributed by atoms with Gasteiger partial charge in [-0.05, 0) is 32.6 Å². The fourth-order valence-corrected chi connectivity index (χ4v) is 5.28. The molecule has 1 N–H and O–H groups in total. The number of hydrogen-bond acceptors (Lipinski definition) is 5. The van der Waals surface area contributed by atoms with Gasteiger partial charge < -0.3 is 24.9 Å². The van der Waals surface area contributed by atoms with Gasteiger partial charge in [0.1, 0.15) is 0 Å². The van der Waals surface area contributed by atoms with E-state index in [9.17, 15) is 19.8 Å². The van der Waals surface area contributed by atoms with Crippen LogP contribution < -0.4 is 10.2 Å². The number of hydrogen-bond donors (Lipinski definition) is 1. The monoisotopic (exact) mass is 653 g/mol. The van der Waals surface area contributed by atoms with E-state index in [0.29, 0.717) is 0 Å². The average Bonchev–Trinajstić information content (AvgIpc) is 2.97. The van der Waals surface area contributed by atoms with Crippen LogP contribution >= 0.6 is 0 Å². The van der Waals surface area contributed by atoms with Crippen LogP contribution in [0.15, 0.2) is 0 Å². The van der Waals surface area contributed by atoms with Crippen LogP contribution in [-0.4, -0.2) is 61.4 Å². The minimum atomic E-state index is -0.903. The van der Waals surface area contributed by atoms with Crippen molar-refractivity contribution >= 4 is 49.7 Å². The van der Waals surface area contributed by atoms with Crippen LogP contribution in [0.25, 0.3) is 0 Å². The summed E-state index contributed by atoms with van der Waals surface area (Å²) in [5, 5.41) is 28.0. The number of carboxylic acid groups (broad SMARTS) is 2. The Bertz CT molecular complexity index is 471. The number of carbonyl (C=O) groups is 2. The Balaban J connectivity index is -0.000000326. The second-order valence-corrected chi connectivity index (χ2v) is 12.5. The zero-order chi connectivity index (χ0) is 32.5. The van der Waals surface area contributed by atoms with E-state index in [4.69, 9.17) is 5.11 Å². The first kappa shape index (κ1) is 51.0. The second-order valence-electron chi connectivity index (χ2n) is 12.5. The van der Waals surface area contributed by atoms with Crippen LogP contribution in [0.1, 0.15) is 226 Å². The molecule has 0 aliphatic carbocycles. The van der Waals surface area contributed by atoms with Gasteiger partial charge in [0.2, 0.25) is 0 Å². The third kappa shape index (κ3) is 61.2. The van der Waals surface area contributed by atoms with Crippen LogP contribution in [0.5, 0.6) is 0 Å². The Labute approximate surface area is 305 Å². The van der Waals surface area contributed by atoms with Gasteiger partial charge in [-0.15, -0.1) is 0 Å². The number of aliphatic hydroxyl groups excluding tert-OH is 1. The molecule has 0 fully saturated rings. The molecule has 0 aliphatic heterocycles. The van der Waals surface area contributed by atoms with Crippen molar-refractivity contribution in [2.75, 3.05) is 6.61 Å². The number of rotatable bonds is 32. The molecule has 0 aromatic rings. The van der Waals surface area contributed by atoms with Gasteiger partial charge >= 0.3 is 37.7 Å². The first-order valence-corrected chi connectivity index (χ1v) is 19.0. The summed E-state index contributed by atoms with van der Waals surface area (Å²) in [5.74, 6) is -1.81. The molecule has 0 radical (unpaired) electrons. The molecule has 44 heavy (non-hydrogen) atoms. The number of aliphatic carboxylic acids is 2. The Kier molecular flexibility index (Phi) is 58.0. The molecule has 0 saturated heterocycles. The quantitative estimate of drug-likeness (QED) is 0.0576. The summed E-state index contributed by atoms with van der Waals surface area (Å²) >= 11 is 0. The predicted octanol–water partition coefficient (Wildman–Crippen LogP) is 9.61. The Morgan fingerprint density at radius 2 is 0.500 bits per heavy atom. The minimum absolute atomic E-state index is 0. The van der Waals surface area contributed by atoms with Crippen molar-refractivity contribution in [3.05, 3.63) is 0 Å². The van der Waals surface area contributed by atoms with E-state index in [1.807, 2.05) is 0 Å². The SMILES string of the molecule is CCCCCCCCCCCCCCCCCC(=O)[O-].CCCCCCCCCCCCCCCCCC(=O)[O-].CCO.[Ca+2]. The van der Waals surface area contributed by atoms with E-state index >= 15 is 0 Å². The summed E-state index contributed by atoms with van der Waals surface area (Å²) in [6.07, 6.45) is 39.7. The largest absolute Gasteiger partial charge is 2.00 e. The molecule has 0 atom stereocenters. The van der Waals surface area contributed by atoms with Crippen molar-refractivity contribution in [1.29, 1.82) is 0 Å². The molecule has 0 unspecified atom stereocenters. The van der Waals surface area contributed by atoms with Gasteiger partial charge in [0, 0.05) is 18.5 Å². The number of carboxylic acids is 2. The standard InChI is InChI=1S/2C18H36O2.C2H6O.Ca/c2*1-2-3-4-5-6-7-8-9-10-11-12-13-14-15-16-17-18(19)20;1-2-3;/h2*2-17H2,1H3,(H,19,20);3H,2H2,1H3;/q;;;+2/p-2. The molecule has 6 heteroatoms. The van der Waals surface area contributed by atoms with E-state index in [2.05, 4.69) is 13.8 Å². The molecule has 0 bridgehead atoms. The zero-order valence-corrected chi connectivity index (χ0v) is 32.3. The fraction of sp³-hybridized carbons (Fsp3) is 0.947. The maximum absolute atomic E-state index is 10.2. The summed E-state index contributed by atoms with van der Waals surface area (Å²) < 4.78 is 0. The number of carbonyl (C=O) groups excluding carboxylic acids is 2. The van der Waals surface area contributed by atoms with Gasteiger partial charge in [-0.1, -0.05) is 194 Å². The second kappa shape index (κ2) is 50.0. The maximum atomic E-state index is 10.2. The van der Waals surface area contributed by atoms with E-state index in [0.717, 1.165) is 25.7 Å². The molecule has 0 amide bonds. The van der Waals surface area contributed by atoms with Gasteiger partial charge in [0.15, 0.2) is 0 Å². The summed E-state index contributed by atoms with van der Waals surface area (Å²) in [6.45, 7) is 6.47. The molecule has 5 nitrogen and oxygen atoms in total. The third-order valence-corrected chi connectivity index (χ3v) is 7.97. The van der Waals surface area contributed by atoms with Crippen molar-refractivity contribution < 1.29 is 24.9 Å². The van der Waals surface area contributed by atoms with Gasteiger partial charge in [-0.3, -0.25) is 0 Å². The Hall–Kier alpha value is 0.160. The first-order valence-electron chi connectivity index (χ1n) is 19.0. The summed E-state index contributed by atoms with van der Waals surface area (Å²) in [4.78, 5) is 20.4. The maximum Gasteiger partial charge on any atom is 2.00 e.